The van der Waals surface area contributed by atoms with Gasteiger partial charge in [0.05, 0.1) is 6.72 Å². The fourth-order valence-corrected chi connectivity index (χ4v) is 2.15. The summed E-state index contributed by atoms with van der Waals surface area (Å²) >= 11 is 0. The minimum Gasteiger partial charge on any atom is -0.255 e. The quantitative estimate of drug-likeness (QED) is 0.523. The molecule has 0 aromatic heterocycles. The second-order valence-electron chi connectivity index (χ2n) is 5.98. The lowest BCUT2D eigenvalue weighted by atomic mass is 9.84. The van der Waals surface area contributed by atoms with Crippen LogP contribution in [0.4, 0.5) is 4.39 Å². The summed E-state index contributed by atoms with van der Waals surface area (Å²) in [4.78, 5) is 0. The Labute approximate surface area is 114 Å². The minimum absolute atomic E-state index is 0.0931. The van der Waals surface area contributed by atoms with Gasteiger partial charge in [-0.3, -0.25) is 4.58 Å². The van der Waals surface area contributed by atoms with Crippen LogP contribution in [-0.4, -0.2) is 11.3 Å². The van der Waals surface area contributed by atoms with Crippen molar-refractivity contribution in [2.75, 3.05) is 0 Å². The first-order valence-corrected chi connectivity index (χ1v) is 6.42. The molecule has 1 nitrogen and oxygen atoms in total. The first kappa shape index (κ1) is 13.6. The van der Waals surface area contributed by atoms with Gasteiger partial charge >= 0.3 is 0 Å². The fraction of sp³-hybridized carbons (Fsp3) is 0.294. The van der Waals surface area contributed by atoms with Crippen LogP contribution >= 0.6 is 0 Å². The maximum Gasteiger partial charge on any atom is 0.147 e. The van der Waals surface area contributed by atoms with Crippen LogP contribution in [0.3, 0.4) is 0 Å². The van der Waals surface area contributed by atoms with Gasteiger partial charge in [0, 0.05) is 0 Å². The van der Waals surface area contributed by atoms with E-state index < -0.39 is 0 Å². The summed E-state index contributed by atoms with van der Waals surface area (Å²) in [6, 6.07) is 5.83. The molecule has 0 saturated carbocycles. The van der Waals surface area contributed by atoms with Crippen molar-refractivity contribution in [3.8, 4) is 0 Å². The lowest BCUT2D eigenvalue weighted by Gasteiger charge is -2.27. The zero-order valence-corrected chi connectivity index (χ0v) is 12.0. The monoisotopic (exact) mass is 257 g/mol. The molecule has 0 spiro atoms. The Balaban J connectivity index is 2.34. The largest absolute Gasteiger partial charge is 0.255 e. The number of rotatable bonds is 1. The normalized spacial score (nSPS) is 15.7. The lowest BCUT2D eigenvalue weighted by Crippen LogP contribution is -2.20. The molecule has 0 fully saturated rings. The molecule has 1 heterocycles. The summed E-state index contributed by atoms with van der Waals surface area (Å²) in [6.07, 6.45) is 6.20. The predicted molar refractivity (Wildman–Crippen MR) is 77.5 cm³/mol. The second kappa shape index (κ2) is 4.69. The van der Waals surface area contributed by atoms with Crippen molar-refractivity contribution in [3.05, 3.63) is 65.1 Å². The molecule has 1 aromatic carbocycles. The van der Waals surface area contributed by atoms with E-state index in [1.165, 1.54) is 11.6 Å². The van der Waals surface area contributed by atoms with Gasteiger partial charge in [-0.25, -0.2) is 4.39 Å². The number of nitrogens with zero attached hydrogens (tertiary/aromatic N) is 1. The molecule has 0 N–H and O–H groups in total. The van der Waals surface area contributed by atoms with Crippen LogP contribution < -0.4 is 0 Å². The van der Waals surface area contributed by atoms with Gasteiger partial charge in [0.2, 0.25) is 0 Å². The summed E-state index contributed by atoms with van der Waals surface area (Å²) in [5, 5.41) is 0. The summed E-state index contributed by atoms with van der Waals surface area (Å²) in [6.45, 7) is 12.5. The van der Waals surface area contributed by atoms with Crippen LogP contribution in [0.25, 0.3) is 0 Å². The van der Waals surface area contributed by atoms with Crippen molar-refractivity contribution >= 4 is 6.72 Å². The Morgan fingerprint density at radius 2 is 1.95 bits per heavy atom. The van der Waals surface area contributed by atoms with Gasteiger partial charge in [-0.05, 0) is 22.6 Å². The molecule has 0 aliphatic carbocycles. The van der Waals surface area contributed by atoms with Crippen molar-refractivity contribution in [1.29, 1.82) is 0 Å². The molecular weight excluding hydrogens is 237 g/mol. The first-order chi connectivity index (χ1) is 8.79. The minimum atomic E-state index is -0.205. The highest BCUT2D eigenvalue weighted by Crippen LogP contribution is 2.32. The molecule has 0 bridgehead atoms. The summed E-state index contributed by atoms with van der Waals surface area (Å²) in [5.74, 6) is -0.205. The zero-order chi connectivity index (χ0) is 14.2. The van der Waals surface area contributed by atoms with Crippen LogP contribution in [0, 0.1) is 24.2 Å². The molecule has 1 aliphatic heterocycles. The van der Waals surface area contributed by atoms with Gasteiger partial charge in [-0.2, -0.15) is 0 Å². The Morgan fingerprint density at radius 1 is 1.26 bits per heavy atom. The Morgan fingerprint density at radius 3 is 2.47 bits per heavy atom. The van der Waals surface area contributed by atoms with Crippen molar-refractivity contribution in [3.63, 3.8) is 0 Å². The number of hydrogen-bond donors (Lipinski definition) is 0. The van der Waals surface area contributed by atoms with Crippen molar-refractivity contribution in [2.45, 2.75) is 27.7 Å². The van der Waals surface area contributed by atoms with Gasteiger partial charge in [0.25, 0.3) is 0 Å². The zero-order valence-electron chi connectivity index (χ0n) is 12.0. The van der Waals surface area contributed by atoms with E-state index in [-0.39, 0.29) is 11.2 Å². The molecule has 1 aromatic rings. The Hall–Kier alpha value is -1.83. The van der Waals surface area contributed by atoms with E-state index in [4.69, 9.17) is 0 Å². The molecular formula is C17H20FN. The molecule has 0 unspecified atom stereocenters. The molecule has 0 atom stereocenters. The number of aryl methyl sites for hydroxylation is 1. The van der Waals surface area contributed by atoms with E-state index in [9.17, 15) is 4.39 Å². The molecule has 1 aliphatic rings. The number of hydrogen-bond acceptors (Lipinski definition) is 0. The third-order valence-electron chi connectivity index (χ3n) is 3.36. The number of halogens is 1. The Kier molecular flexibility index (Phi) is 3.36. The van der Waals surface area contributed by atoms with Crippen LogP contribution in [0.15, 0.2) is 42.1 Å². The van der Waals surface area contributed by atoms with Gasteiger partial charge in [-0.15, -0.1) is 0 Å². The highest BCUT2D eigenvalue weighted by Gasteiger charge is 2.23. The standard InChI is InChI=1S/C17H20FN/c1-12-10-14(18)7-8-15(12)16-9-6-13(11-19(16)5)17(2,3)4/h6-11H,5H2,1-4H3. The van der Waals surface area contributed by atoms with E-state index in [0.29, 0.717) is 0 Å². The van der Waals surface area contributed by atoms with Crippen molar-refractivity contribution < 1.29 is 8.97 Å². The maximum atomic E-state index is 13.2. The molecule has 100 valence electrons. The van der Waals surface area contributed by atoms with Crippen LogP contribution in [-0.2, 0) is 0 Å². The highest BCUT2D eigenvalue weighted by atomic mass is 19.1. The fourth-order valence-electron chi connectivity index (χ4n) is 2.15. The molecule has 2 rings (SSSR count). The predicted octanol–water partition coefficient (Wildman–Crippen LogP) is 4.23. The smallest absolute Gasteiger partial charge is 0.147 e. The van der Waals surface area contributed by atoms with Crippen LogP contribution in [0.1, 0.15) is 31.9 Å². The second-order valence-corrected chi connectivity index (χ2v) is 5.98. The molecule has 19 heavy (non-hydrogen) atoms. The highest BCUT2D eigenvalue weighted by molar-refractivity contribution is 5.44. The van der Waals surface area contributed by atoms with E-state index in [1.54, 1.807) is 12.1 Å². The van der Waals surface area contributed by atoms with Crippen LogP contribution in [0.5, 0.6) is 0 Å². The topological polar surface area (TPSA) is 3.01 Å². The SMILES string of the molecule is C=[N+]1C=C(C(C)(C)C)C=C[C-]1c1ccc(F)cc1C. The molecule has 2 heteroatoms. The molecule has 0 saturated heterocycles. The summed E-state index contributed by atoms with van der Waals surface area (Å²) in [5.41, 5.74) is 3.25. The van der Waals surface area contributed by atoms with E-state index in [0.717, 1.165) is 17.2 Å². The number of benzene rings is 1. The van der Waals surface area contributed by atoms with E-state index in [2.05, 4.69) is 33.6 Å². The third-order valence-corrected chi connectivity index (χ3v) is 3.36. The summed E-state index contributed by atoms with van der Waals surface area (Å²) in [7, 11) is 0. The molecule has 0 amide bonds. The lowest BCUT2D eigenvalue weighted by molar-refractivity contribution is -0.419. The molecule has 0 radical (unpaired) electrons. The van der Waals surface area contributed by atoms with E-state index >= 15 is 0 Å². The number of allylic oxidation sites excluding steroid dienone is 2. The van der Waals surface area contributed by atoms with Crippen molar-refractivity contribution in [2.24, 2.45) is 5.41 Å². The van der Waals surface area contributed by atoms with Crippen molar-refractivity contribution in [1.82, 2.24) is 0 Å². The first-order valence-electron chi connectivity index (χ1n) is 6.42. The Bertz CT molecular complexity index is 573. The van der Waals surface area contributed by atoms with Gasteiger partial charge in [0.15, 0.2) is 0 Å². The summed E-state index contributed by atoms with van der Waals surface area (Å²) < 4.78 is 15.0. The average molecular weight is 257 g/mol. The van der Waals surface area contributed by atoms with Gasteiger partial charge in [-0.1, -0.05) is 57.5 Å². The van der Waals surface area contributed by atoms with Gasteiger partial charge in [0.1, 0.15) is 18.1 Å². The van der Waals surface area contributed by atoms with Gasteiger partial charge < -0.3 is 0 Å². The third kappa shape index (κ3) is 2.78. The average Bonchev–Trinajstić information content (AvgIpc) is 2.28. The van der Waals surface area contributed by atoms with Crippen LogP contribution in [0.2, 0.25) is 0 Å². The van der Waals surface area contributed by atoms with E-state index in [1.807, 2.05) is 23.8 Å². The maximum absolute atomic E-state index is 13.2.